The van der Waals surface area contributed by atoms with Gasteiger partial charge < -0.3 is 10.1 Å². The van der Waals surface area contributed by atoms with Crippen molar-refractivity contribution in [2.24, 2.45) is 5.92 Å². The topological polar surface area (TPSA) is 56.1 Å². The zero-order valence-corrected chi connectivity index (χ0v) is 14.9. The highest BCUT2D eigenvalue weighted by Gasteiger charge is 2.31. The van der Waals surface area contributed by atoms with Crippen LogP contribution < -0.4 is 10.1 Å². The second kappa shape index (κ2) is 6.67. The molecule has 0 radical (unpaired) electrons. The molecule has 0 spiro atoms. The minimum Gasteiger partial charge on any atom is -0.497 e. The number of ketones is 1. The van der Waals surface area contributed by atoms with Crippen LogP contribution in [0.15, 0.2) is 54.6 Å². The summed E-state index contributed by atoms with van der Waals surface area (Å²) < 4.78 is 7.10. The van der Waals surface area contributed by atoms with Crippen LogP contribution in [0.3, 0.4) is 0 Å². The third-order valence-electron chi connectivity index (χ3n) is 4.69. The molecule has 2 aromatic carbocycles. The van der Waals surface area contributed by atoms with Crippen molar-refractivity contribution in [3.63, 3.8) is 0 Å². The average Bonchev–Trinajstić information content (AvgIpc) is 3.01. The van der Waals surface area contributed by atoms with E-state index < -0.39 is 0 Å². The Kier molecular flexibility index (Phi) is 4.21. The summed E-state index contributed by atoms with van der Waals surface area (Å²) >= 11 is 0. The van der Waals surface area contributed by atoms with Gasteiger partial charge in [-0.25, -0.2) is 4.68 Å². The Bertz CT molecular complexity index is 930. The van der Waals surface area contributed by atoms with Gasteiger partial charge in [0.05, 0.1) is 24.1 Å². The van der Waals surface area contributed by atoms with Crippen molar-refractivity contribution in [2.75, 3.05) is 12.4 Å². The number of hydrogen-bond donors (Lipinski definition) is 1. The van der Waals surface area contributed by atoms with Crippen molar-refractivity contribution >= 4 is 17.3 Å². The zero-order valence-electron chi connectivity index (χ0n) is 14.9. The summed E-state index contributed by atoms with van der Waals surface area (Å²) in [6.45, 7) is 2.11. The number of ether oxygens (including phenoxy) is 1. The van der Waals surface area contributed by atoms with Gasteiger partial charge in [0, 0.05) is 12.1 Å². The summed E-state index contributed by atoms with van der Waals surface area (Å²) in [4.78, 5) is 12.7. The molecule has 0 amide bonds. The fraction of sp³-hybridized carbons (Fsp3) is 0.238. The van der Waals surface area contributed by atoms with Crippen molar-refractivity contribution in [1.29, 1.82) is 0 Å². The molecule has 5 heteroatoms. The number of carbonyl (C=O) groups is 1. The number of anilines is 2. The van der Waals surface area contributed by atoms with Crippen LogP contribution in [-0.4, -0.2) is 22.7 Å². The second-order valence-corrected chi connectivity index (χ2v) is 6.71. The summed E-state index contributed by atoms with van der Waals surface area (Å²) in [5, 5.41) is 8.05. The molecule has 1 aromatic heterocycles. The maximum Gasteiger partial charge on any atom is 0.168 e. The molecular weight excluding hydrogens is 326 g/mol. The molecule has 3 aromatic rings. The van der Waals surface area contributed by atoms with Crippen LogP contribution in [0, 0.1) is 5.92 Å². The molecule has 1 heterocycles. The quantitative estimate of drug-likeness (QED) is 0.760. The predicted molar refractivity (Wildman–Crippen MR) is 102 cm³/mol. The lowest BCUT2D eigenvalue weighted by Crippen LogP contribution is -2.19. The van der Waals surface area contributed by atoms with Crippen LogP contribution in [0.1, 0.15) is 29.4 Å². The number of fused-ring (bicyclic) bond motifs is 1. The Balaban J connectivity index is 1.78. The summed E-state index contributed by atoms with van der Waals surface area (Å²) in [5.41, 5.74) is 3.53. The molecule has 4 rings (SSSR count). The molecule has 1 unspecified atom stereocenters. The van der Waals surface area contributed by atoms with E-state index in [1.54, 1.807) is 7.11 Å². The van der Waals surface area contributed by atoms with Crippen molar-refractivity contribution in [3.05, 3.63) is 65.9 Å². The number of aromatic nitrogens is 2. The number of rotatable bonds is 4. The molecule has 132 valence electrons. The van der Waals surface area contributed by atoms with Crippen LogP contribution in [0.2, 0.25) is 0 Å². The minimum absolute atomic E-state index is 0.150. The number of para-hydroxylation sites is 1. The van der Waals surface area contributed by atoms with Gasteiger partial charge in [-0.1, -0.05) is 25.1 Å². The normalized spacial score (nSPS) is 16.2. The van der Waals surface area contributed by atoms with E-state index in [-0.39, 0.29) is 5.78 Å². The molecule has 0 fully saturated rings. The number of hydrogen-bond acceptors (Lipinski definition) is 4. The van der Waals surface area contributed by atoms with Crippen molar-refractivity contribution < 1.29 is 9.53 Å². The highest BCUT2D eigenvalue weighted by molar-refractivity contribution is 6.03. The van der Waals surface area contributed by atoms with E-state index in [0.717, 1.165) is 29.2 Å². The Morgan fingerprint density at radius 3 is 2.50 bits per heavy atom. The van der Waals surface area contributed by atoms with Gasteiger partial charge in [-0.05, 0) is 48.7 Å². The number of carbonyl (C=O) groups excluding carboxylic acids is 1. The molecular formula is C21H21N3O2. The Morgan fingerprint density at radius 2 is 1.81 bits per heavy atom. The summed E-state index contributed by atoms with van der Waals surface area (Å²) in [6.07, 6.45) is 1.40. The first-order chi connectivity index (χ1) is 12.7. The molecule has 0 saturated carbocycles. The van der Waals surface area contributed by atoms with Gasteiger partial charge in [0.2, 0.25) is 0 Å². The second-order valence-electron chi connectivity index (χ2n) is 6.71. The fourth-order valence-corrected chi connectivity index (χ4v) is 3.44. The maximum atomic E-state index is 12.7. The lowest BCUT2D eigenvalue weighted by molar-refractivity contribution is 0.0953. The first kappa shape index (κ1) is 16.4. The number of methoxy groups -OCH3 is 1. The van der Waals surface area contributed by atoms with Crippen LogP contribution in [0.4, 0.5) is 11.5 Å². The Hall–Kier alpha value is -3.08. The van der Waals surface area contributed by atoms with Crippen molar-refractivity contribution in [1.82, 2.24) is 9.78 Å². The van der Waals surface area contributed by atoms with Crippen LogP contribution in [-0.2, 0) is 6.42 Å². The van der Waals surface area contributed by atoms with E-state index >= 15 is 0 Å². The van der Waals surface area contributed by atoms with E-state index in [1.807, 2.05) is 59.3 Å². The van der Waals surface area contributed by atoms with Gasteiger partial charge in [0.1, 0.15) is 5.75 Å². The minimum atomic E-state index is 0.150. The zero-order chi connectivity index (χ0) is 18.1. The Morgan fingerprint density at radius 1 is 1.08 bits per heavy atom. The molecule has 1 N–H and O–H groups in total. The predicted octanol–water partition coefficient (Wildman–Crippen LogP) is 4.39. The fourth-order valence-electron chi connectivity index (χ4n) is 3.44. The smallest absolute Gasteiger partial charge is 0.168 e. The van der Waals surface area contributed by atoms with Crippen LogP contribution in [0.5, 0.6) is 5.75 Å². The molecule has 1 aliphatic rings. The molecule has 26 heavy (non-hydrogen) atoms. The van der Waals surface area contributed by atoms with Gasteiger partial charge >= 0.3 is 0 Å². The molecule has 5 nitrogen and oxygen atoms in total. The van der Waals surface area contributed by atoms with E-state index in [1.165, 1.54) is 0 Å². The number of nitrogens with zero attached hydrogens (tertiary/aromatic N) is 2. The number of Topliss-reactive ketones (excluding diaryl/α,β-unsaturated/α-hetero) is 1. The van der Waals surface area contributed by atoms with Crippen LogP contribution >= 0.6 is 0 Å². The largest absolute Gasteiger partial charge is 0.497 e. The molecule has 0 saturated heterocycles. The van der Waals surface area contributed by atoms with Crippen molar-refractivity contribution in [3.8, 4) is 11.4 Å². The summed E-state index contributed by atoms with van der Waals surface area (Å²) in [5.74, 6) is 1.88. The van der Waals surface area contributed by atoms with E-state index in [2.05, 4.69) is 12.2 Å². The molecule has 0 aliphatic heterocycles. The lowest BCUT2D eigenvalue weighted by atomic mass is 9.87. The SMILES string of the molecule is COc1ccc(Nc2nn(-c3ccccc3)c3c2C(=O)CC(C)C3)cc1. The van der Waals surface area contributed by atoms with Crippen molar-refractivity contribution in [2.45, 2.75) is 19.8 Å². The highest BCUT2D eigenvalue weighted by Crippen LogP contribution is 2.33. The van der Waals surface area contributed by atoms with E-state index in [9.17, 15) is 4.79 Å². The summed E-state index contributed by atoms with van der Waals surface area (Å²) in [7, 11) is 1.64. The Labute approximate surface area is 152 Å². The van der Waals surface area contributed by atoms with Gasteiger partial charge in [-0.2, -0.15) is 0 Å². The first-order valence-electron chi connectivity index (χ1n) is 8.77. The number of benzene rings is 2. The van der Waals surface area contributed by atoms with Crippen LogP contribution in [0.25, 0.3) is 5.69 Å². The average molecular weight is 347 g/mol. The van der Waals surface area contributed by atoms with Gasteiger partial charge in [0.15, 0.2) is 11.6 Å². The molecule has 0 bridgehead atoms. The van der Waals surface area contributed by atoms with E-state index in [0.29, 0.717) is 23.7 Å². The lowest BCUT2D eigenvalue weighted by Gasteiger charge is -2.19. The molecule has 1 aliphatic carbocycles. The summed E-state index contributed by atoms with van der Waals surface area (Å²) in [6, 6.07) is 17.6. The highest BCUT2D eigenvalue weighted by atomic mass is 16.5. The first-order valence-corrected chi connectivity index (χ1v) is 8.77. The maximum absolute atomic E-state index is 12.7. The van der Waals surface area contributed by atoms with Gasteiger partial charge in [-0.15, -0.1) is 5.10 Å². The molecule has 1 atom stereocenters. The third kappa shape index (κ3) is 2.96. The third-order valence-corrected chi connectivity index (χ3v) is 4.69. The number of nitrogens with one attached hydrogen (secondary N) is 1. The standard InChI is InChI=1S/C21H21N3O2/c1-14-12-18-20(19(25)13-14)21(22-15-8-10-17(26-2)11-9-15)23-24(18)16-6-4-3-5-7-16/h3-11,14H,12-13H2,1-2H3,(H,22,23). The van der Waals surface area contributed by atoms with E-state index in [4.69, 9.17) is 9.84 Å². The monoisotopic (exact) mass is 347 g/mol. The van der Waals surface area contributed by atoms with Gasteiger partial charge in [0.25, 0.3) is 0 Å². The van der Waals surface area contributed by atoms with Gasteiger partial charge in [-0.3, -0.25) is 4.79 Å².